The van der Waals surface area contributed by atoms with Crippen molar-refractivity contribution >= 4 is 17.2 Å². The van der Waals surface area contributed by atoms with Gasteiger partial charge in [-0.1, -0.05) is 6.92 Å². The highest BCUT2D eigenvalue weighted by atomic mass is 32.1. The van der Waals surface area contributed by atoms with Gasteiger partial charge >= 0.3 is 0 Å². The van der Waals surface area contributed by atoms with Crippen molar-refractivity contribution in [2.75, 3.05) is 13.1 Å². The van der Waals surface area contributed by atoms with Crippen molar-refractivity contribution < 1.29 is 4.79 Å². The number of nitrogens with zero attached hydrogens (tertiary/aromatic N) is 3. The van der Waals surface area contributed by atoms with E-state index in [1.165, 1.54) is 5.56 Å². The average Bonchev–Trinajstić information content (AvgIpc) is 2.90. The Morgan fingerprint density at radius 1 is 1.33 bits per heavy atom. The fourth-order valence-electron chi connectivity index (χ4n) is 2.83. The minimum atomic E-state index is 0.215. The van der Waals surface area contributed by atoms with Crippen LogP contribution in [0.3, 0.4) is 0 Å². The van der Waals surface area contributed by atoms with Gasteiger partial charge in [-0.25, -0.2) is 9.97 Å². The predicted octanol–water partition coefficient (Wildman–Crippen LogP) is 2.27. The molecule has 1 aliphatic rings. The number of carbonyl (C=O) groups is 1. The van der Waals surface area contributed by atoms with Crippen LogP contribution in [-0.4, -0.2) is 33.9 Å². The Labute approximate surface area is 128 Å². The summed E-state index contributed by atoms with van der Waals surface area (Å²) in [5, 5.41) is 4.06. The molecule has 3 heterocycles. The van der Waals surface area contributed by atoms with E-state index in [4.69, 9.17) is 0 Å². The Bertz CT molecular complexity index is 624. The van der Waals surface area contributed by atoms with E-state index >= 15 is 0 Å². The summed E-state index contributed by atoms with van der Waals surface area (Å²) in [6.07, 6.45) is 4.79. The zero-order chi connectivity index (χ0) is 14.7. The molecule has 2 aromatic rings. The van der Waals surface area contributed by atoms with Gasteiger partial charge in [0.05, 0.1) is 6.42 Å². The molecule has 4 nitrogen and oxygen atoms in total. The highest BCUT2D eigenvalue weighted by molar-refractivity contribution is 7.07. The van der Waals surface area contributed by atoms with Crippen LogP contribution in [0.15, 0.2) is 23.2 Å². The molecular weight excluding hydrogens is 282 g/mol. The third kappa shape index (κ3) is 3.13. The molecule has 0 saturated carbocycles. The van der Waals surface area contributed by atoms with Crippen LogP contribution in [0.4, 0.5) is 0 Å². The second-order valence-electron chi connectivity index (χ2n) is 5.29. The molecule has 5 heteroatoms. The van der Waals surface area contributed by atoms with E-state index in [9.17, 15) is 4.79 Å². The molecule has 3 rings (SSSR count). The maximum absolute atomic E-state index is 12.4. The monoisotopic (exact) mass is 301 g/mol. The summed E-state index contributed by atoms with van der Waals surface area (Å²) in [6.45, 7) is 3.65. The zero-order valence-electron chi connectivity index (χ0n) is 12.2. The average molecular weight is 301 g/mol. The Morgan fingerprint density at radius 2 is 2.19 bits per heavy atom. The van der Waals surface area contributed by atoms with Crippen molar-refractivity contribution in [3.8, 4) is 0 Å². The van der Waals surface area contributed by atoms with Crippen molar-refractivity contribution in [2.24, 2.45) is 0 Å². The third-order valence-electron chi connectivity index (χ3n) is 4.00. The van der Waals surface area contributed by atoms with Crippen LogP contribution >= 0.6 is 11.3 Å². The van der Waals surface area contributed by atoms with Gasteiger partial charge in [0.2, 0.25) is 5.91 Å². The number of carbonyl (C=O) groups excluding carboxylic acids is 1. The molecule has 0 atom stereocenters. The first-order valence-electron chi connectivity index (χ1n) is 7.38. The first-order chi connectivity index (χ1) is 10.3. The molecule has 0 radical (unpaired) electrons. The zero-order valence-corrected chi connectivity index (χ0v) is 13.0. The number of amides is 1. The molecule has 0 bridgehead atoms. The standard InChI is InChI=1S/C16H19N3OS/c1-2-14-13-3-6-19(7-4-15(13)18-11-17-14)16(20)9-12-5-8-21-10-12/h5,8,10-11H,2-4,6-7,9H2,1H3. The number of thiophene rings is 1. The Balaban J connectivity index is 1.71. The van der Waals surface area contributed by atoms with Crippen molar-refractivity contribution in [3.05, 3.63) is 45.7 Å². The minimum absolute atomic E-state index is 0.215. The predicted molar refractivity (Wildman–Crippen MR) is 83.4 cm³/mol. The smallest absolute Gasteiger partial charge is 0.227 e. The summed E-state index contributed by atoms with van der Waals surface area (Å²) in [6, 6.07) is 2.02. The summed E-state index contributed by atoms with van der Waals surface area (Å²) in [5.41, 5.74) is 4.62. The molecular formula is C16H19N3OS. The Morgan fingerprint density at radius 3 is 2.95 bits per heavy atom. The molecule has 0 saturated heterocycles. The summed E-state index contributed by atoms with van der Waals surface area (Å²) in [4.78, 5) is 23.2. The van der Waals surface area contributed by atoms with E-state index in [0.29, 0.717) is 6.42 Å². The normalized spacial score (nSPS) is 14.6. The second-order valence-corrected chi connectivity index (χ2v) is 6.07. The van der Waals surface area contributed by atoms with E-state index in [2.05, 4.69) is 16.9 Å². The number of rotatable bonds is 3. The molecule has 0 aliphatic carbocycles. The second kappa shape index (κ2) is 6.35. The lowest BCUT2D eigenvalue weighted by Crippen LogP contribution is -2.34. The van der Waals surface area contributed by atoms with Crippen molar-refractivity contribution in [2.45, 2.75) is 32.6 Å². The largest absolute Gasteiger partial charge is 0.342 e. The summed E-state index contributed by atoms with van der Waals surface area (Å²) < 4.78 is 0. The first-order valence-corrected chi connectivity index (χ1v) is 8.32. The molecule has 2 aromatic heterocycles. The van der Waals surface area contributed by atoms with Gasteiger partial charge < -0.3 is 4.90 Å². The van der Waals surface area contributed by atoms with Crippen molar-refractivity contribution in [1.82, 2.24) is 14.9 Å². The third-order valence-corrected chi connectivity index (χ3v) is 4.73. The van der Waals surface area contributed by atoms with Gasteiger partial charge in [0.1, 0.15) is 6.33 Å². The van der Waals surface area contributed by atoms with Gasteiger partial charge in [0.15, 0.2) is 0 Å². The first kappa shape index (κ1) is 14.2. The number of fused-ring (bicyclic) bond motifs is 1. The summed E-state index contributed by atoms with van der Waals surface area (Å²) in [5.74, 6) is 0.215. The van der Waals surface area contributed by atoms with Crippen LogP contribution in [0.2, 0.25) is 0 Å². The fourth-order valence-corrected chi connectivity index (χ4v) is 3.50. The number of hydrogen-bond acceptors (Lipinski definition) is 4. The van der Waals surface area contributed by atoms with E-state index in [-0.39, 0.29) is 5.91 Å². The summed E-state index contributed by atoms with van der Waals surface area (Å²) >= 11 is 1.64. The molecule has 0 unspecified atom stereocenters. The number of aryl methyl sites for hydroxylation is 1. The maximum atomic E-state index is 12.4. The molecule has 0 fully saturated rings. The fraction of sp³-hybridized carbons (Fsp3) is 0.438. The lowest BCUT2D eigenvalue weighted by atomic mass is 10.1. The van der Waals surface area contributed by atoms with Crippen LogP contribution in [0.5, 0.6) is 0 Å². The van der Waals surface area contributed by atoms with E-state index < -0.39 is 0 Å². The van der Waals surface area contributed by atoms with Gasteiger partial charge in [-0.2, -0.15) is 11.3 Å². The highest BCUT2D eigenvalue weighted by Gasteiger charge is 2.21. The lowest BCUT2D eigenvalue weighted by Gasteiger charge is -2.19. The maximum Gasteiger partial charge on any atom is 0.227 e. The van der Waals surface area contributed by atoms with E-state index in [0.717, 1.165) is 49.3 Å². The van der Waals surface area contributed by atoms with Crippen molar-refractivity contribution in [1.29, 1.82) is 0 Å². The molecule has 0 spiro atoms. The van der Waals surface area contributed by atoms with Gasteiger partial charge in [-0.05, 0) is 40.8 Å². The molecule has 1 aliphatic heterocycles. The van der Waals surface area contributed by atoms with Gasteiger partial charge in [0.25, 0.3) is 0 Å². The quantitative estimate of drug-likeness (QED) is 0.873. The van der Waals surface area contributed by atoms with Crippen LogP contribution in [0.25, 0.3) is 0 Å². The number of aromatic nitrogens is 2. The van der Waals surface area contributed by atoms with Crippen LogP contribution in [0.1, 0.15) is 29.4 Å². The lowest BCUT2D eigenvalue weighted by molar-refractivity contribution is -0.130. The van der Waals surface area contributed by atoms with E-state index in [1.807, 2.05) is 21.7 Å². The SMILES string of the molecule is CCc1ncnc2c1CCN(C(=O)Cc1ccsc1)CC2. The molecule has 1 amide bonds. The molecule has 21 heavy (non-hydrogen) atoms. The summed E-state index contributed by atoms with van der Waals surface area (Å²) in [7, 11) is 0. The van der Waals surface area contributed by atoms with Crippen LogP contribution < -0.4 is 0 Å². The van der Waals surface area contributed by atoms with Crippen molar-refractivity contribution in [3.63, 3.8) is 0 Å². The van der Waals surface area contributed by atoms with Crippen LogP contribution in [-0.2, 0) is 30.5 Å². The van der Waals surface area contributed by atoms with Gasteiger partial charge in [-0.3, -0.25) is 4.79 Å². The van der Waals surface area contributed by atoms with Crippen LogP contribution in [0, 0.1) is 0 Å². The minimum Gasteiger partial charge on any atom is -0.342 e. The van der Waals surface area contributed by atoms with Gasteiger partial charge in [-0.15, -0.1) is 0 Å². The highest BCUT2D eigenvalue weighted by Crippen LogP contribution is 2.18. The van der Waals surface area contributed by atoms with E-state index in [1.54, 1.807) is 17.7 Å². The topological polar surface area (TPSA) is 46.1 Å². The number of hydrogen-bond donors (Lipinski definition) is 0. The molecule has 0 N–H and O–H groups in total. The Kier molecular flexibility index (Phi) is 4.29. The Hall–Kier alpha value is -1.75. The molecule has 0 aromatic carbocycles. The van der Waals surface area contributed by atoms with Gasteiger partial charge in [0, 0.05) is 30.9 Å². The molecule has 110 valence electrons.